The molecule has 3 aromatic rings. The lowest BCUT2D eigenvalue weighted by molar-refractivity contribution is -0.146. The minimum Gasteiger partial charge on any atom is -0.326 e. The van der Waals surface area contributed by atoms with Gasteiger partial charge in [0.2, 0.25) is 11.7 Å². The van der Waals surface area contributed by atoms with Crippen molar-refractivity contribution in [2.75, 3.05) is 5.32 Å². The van der Waals surface area contributed by atoms with E-state index in [1.54, 1.807) is 36.4 Å². The summed E-state index contributed by atoms with van der Waals surface area (Å²) in [5.41, 5.74) is 1.77. The van der Waals surface area contributed by atoms with E-state index in [1.165, 1.54) is 6.07 Å². The highest BCUT2D eigenvalue weighted by Gasteiger charge is 2.37. The highest BCUT2D eigenvalue weighted by Crippen LogP contribution is 2.33. The van der Waals surface area contributed by atoms with Gasteiger partial charge in [0.1, 0.15) is 0 Å². The van der Waals surface area contributed by atoms with E-state index in [4.69, 9.17) is 0 Å². The Morgan fingerprint density at radius 3 is 2.56 bits per heavy atom. The van der Waals surface area contributed by atoms with E-state index in [-0.39, 0.29) is 18.0 Å². The van der Waals surface area contributed by atoms with E-state index >= 15 is 0 Å². The molecule has 0 saturated carbocycles. The number of nitrogens with zero attached hydrogens (tertiary/aromatic N) is 2. The molecule has 7 heteroatoms. The molecule has 0 spiro atoms. The van der Waals surface area contributed by atoms with Gasteiger partial charge in [-0.1, -0.05) is 43.7 Å². The molecule has 0 aliphatic carbocycles. The highest BCUT2D eigenvalue weighted by atomic mass is 19.4. The summed E-state index contributed by atoms with van der Waals surface area (Å²) in [6, 6.07) is 13.6. The second-order valence-electron chi connectivity index (χ2n) is 6.36. The molecular weight excluding hydrogens is 355 g/mol. The smallest absolute Gasteiger partial charge is 0.326 e. The van der Waals surface area contributed by atoms with Crippen LogP contribution in [0.1, 0.15) is 37.6 Å². The third-order valence-corrected chi connectivity index (χ3v) is 4.23. The number of hydrogen-bond donors (Lipinski definition) is 1. The first-order valence-electron chi connectivity index (χ1n) is 8.79. The Kier molecular flexibility index (Phi) is 5.48. The molecule has 0 radical (unpaired) electrons. The normalized spacial score (nSPS) is 11.7. The molecule has 0 aliphatic rings. The molecule has 4 nitrogen and oxygen atoms in total. The van der Waals surface area contributed by atoms with E-state index < -0.39 is 12.0 Å². The third kappa shape index (κ3) is 4.48. The van der Waals surface area contributed by atoms with Crippen molar-refractivity contribution in [3.8, 4) is 0 Å². The van der Waals surface area contributed by atoms with Crippen molar-refractivity contribution in [1.29, 1.82) is 0 Å². The van der Waals surface area contributed by atoms with Crippen molar-refractivity contribution in [2.45, 2.75) is 38.9 Å². The molecule has 1 aromatic heterocycles. The number of hydrogen-bond acceptors (Lipinski definition) is 2. The molecule has 0 atom stereocenters. The van der Waals surface area contributed by atoms with E-state index in [1.807, 2.05) is 13.0 Å². The van der Waals surface area contributed by atoms with Crippen LogP contribution in [-0.2, 0) is 17.5 Å². The maximum absolute atomic E-state index is 13.5. The molecule has 0 bridgehead atoms. The molecule has 142 valence electrons. The molecule has 0 fully saturated rings. The fourth-order valence-corrected chi connectivity index (χ4v) is 2.91. The predicted octanol–water partition coefficient (Wildman–Crippen LogP) is 5.23. The van der Waals surface area contributed by atoms with Gasteiger partial charge in [0, 0.05) is 18.7 Å². The summed E-state index contributed by atoms with van der Waals surface area (Å²) in [4.78, 5) is 15.7. The number of imidazole rings is 1. The first kappa shape index (κ1) is 18.9. The SMILES string of the molecule is CCCCC(=O)Nc1ccc2c(c1)nc(C(F)(F)F)n2Cc1ccccc1. The molecule has 1 heterocycles. The number of halogens is 3. The van der Waals surface area contributed by atoms with Crippen molar-refractivity contribution in [2.24, 2.45) is 0 Å². The number of anilines is 1. The number of nitrogens with one attached hydrogen (secondary N) is 1. The Hall–Kier alpha value is -2.83. The fraction of sp³-hybridized carbons (Fsp3) is 0.300. The van der Waals surface area contributed by atoms with E-state index in [0.29, 0.717) is 17.6 Å². The van der Waals surface area contributed by atoms with Gasteiger partial charge in [-0.15, -0.1) is 0 Å². The van der Waals surface area contributed by atoms with Crippen LogP contribution in [0.4, 0.5) is 18.9 Å². The van der Waals surface area contributed by atoms with Crippen molar-refractivity contribution < 1.29 is 18.0 Å². The summed E-state index contributed by atoms with van der Waals surface area (Å²) < 4.78 is 41.6. The molecule has 2 aromatic carbocycles. The largest absolute Gasteiger partial charge is 0.449 e. The maximum Gasteiger partial charge on any atom is 0.449 e. The van der Waals surface area contributed by atoms with Crippen molar-refractivity contribution in [1.82, 2.24) is 9.55 Å². The average molecular weight is 375 g/mol. The number of aromatic nitrogens is 2. The number of alkyl halides is 3. The third-order valence-electron chi connectivity index (χ3n) is 4.23. The van der Waals surface area contributed by atoms with Crippen LogP contribution >= 0.6 is 0 Å². The summed E-state index contributed by atoms with van der Waals surface area (Å²) in [5, 5.41) is 2.72. The second-order valence-corrected chi connectivity index (χ2v) is 6.36. The van der Waals surface area contributed by atoms with E-state index in [0.717, 1.165) is 23.0 Å². The van der Waals surface area contributed by atoms with Gasteiger partial charge >= 0.3 is 6.18 Å². The van der Waals surface area contributed by atoms with Crippen LogP contribution in [0.5, 0.6) is 0 Å². The van der Waals surface area contributed by atoms with Gasteiger partial charge in [0.05, 0.1) is 11.0 Å². The van der Waals surface area contributed by atoms with Crippen molar-refractivity contribution in [3.05, 3.63) is 59.9 Å². The quantitative estimate of drug-likeness (QED) is 0.641. The van der Waals surface area contributed by atoms with Crippen LogP contribution in [0.3, 0.4) is 0 Å². The average Bonchev–Trinajstić information content (AvgIpc) is 2.99. The Balaban J connectivity index is 1.97. The standard InChI is InChI=1S/C20H20F3N3O/c1-2-3-9-18(27)24-15-10-11-17-16(12-15)25-19(20(21,22)23)26(17)13-14-7-5-4-6-8-14/h4-8,10-12H,2-3,9,13H2,1H3,(H,24,27). The number of amides is 1. The number of unbranched alkanes of at least 4 members (excludes halogenated alkanes) is 1. The Bertz CT molecular complexity index is 933. The molecule has 1 amide bonds. The maximum atomic E-state index is 13.5. The second kappa shape index (κ2) is 7.82. The Morgan fingerprint density at radius 1 is 1.15 bits per heavy atom. The van der Waals surface area contributed by atoms with Crippen LogP contribution in [0.2, 0.25) is 0 Å². The number of benzene rings is 2. The molecule has 1 N–H and O–H groups in total. The van der Waals surface area contributed by atoms with Gasteiger partial charge in [-0.2, -0.15) is 13.2 Å². The summed E-state index contributed by atoms with van der Waals surface area (Å²) in [7, 11) is 0. The van der Waals surface area contributed by atoms with Crippen LogP contribution in [0, 0.1) is 0 Å². The minimum atomic E-state index is -4.57. The van der Waals surface area contributed by atoms with Gasteiger partial charge in [-0.25, -0.2) is 4.98 Å². The number of rotatable bonds is 6. The fourth-order valence-electron chi connectivity index (χ4n) is 2.91. The van der Waals surface area contributed by atoms with Crippen LogP contribution in [0.25, 0.3) is 11.0 Å². The molecule has 27 heavy (non-hydrogen) atoms. The van der Waals surface area contributed by atoms with Gasteiger partial charge in [0.15, 0.2) is 0 Å². The lowest BCUT2D eigenvalue weighted by Gasteiger charge is -2.11. The van der Waals surface area contributed by atoms with Crippen LogP contribution < -0.4 is 5.32 Å². The highest BCUT2D eigenvalue weighted by molar-refractivity contribution is 5.93. The van der Waals surface area contributed by atoms with Crippen LogP contribution in [0.15, 0.2) is 48.5 Å². The minimum absolute atomic E-state index is 0.0639. The lowest BCUT2D eigenvalue weighted by Crippen LogP contribution is -2.15. The number of carbonyl (C=O) groups is 1. The van der Waals surface area contributed by atoms with Crippen molar-refractivity contribution >= 4 is 22.6 Å². The zero-order valence-corrected chi connectivity index (χ0v) is 14.9. The van der Waals surface area contributed by atoms with Crippen LogP contribution in [-0.4, -0.2) is 15.5 Å². The zero-order chi connectivity index (χ0) is 19.4. The van der Waals surface area contributed by atoms with Gasteiger partial charge in [-0.05, 0) is 30.2 Å². The molecule has 0 saturated heterocycles. The first-order valence-corrected chi connectivity index (χ1v) is 8.79. The molecule has 0 aliphatic heterocycles. The first-order chi connectivity index (χ1) is 12.9. The summed E-state index contributed by atoms with van der Waals surface area (Å²) in [6.07, 6.45) is -2.54. The van der Waals surface area contributed by atoms with Gasteiger partial charge in [0.25, 0.3) is 0 Å². The molecule has 3 rings (SSSR count). The summed E-state index contributed by atoms with van der Waals surface area (Å²) >= 11 is 0. The molecule has 0 unspecified atom stereocenters. The Labute approximate surface area is 155 Å². The van der Waals surface area contributed by atoms with E-state index in [9.17, 15) is 18.0 Å². The summed E-state index contributed by atoms with van der Waals surface area (Å²) in [5.74, 6) is -1.10. The number of fused-ring (bicyclic) bond motifs is 1. The monoisotopic (exact) mass is 375 g/mol. The summed E-state index contributed by atoms with van der Waals surface area (Å²) in [6.45, 7) is 2.05. The van der Waals surface area contributed by atoms with E-state index in [2.05, 4.69) is 10.3 Å². The molecular formula is C20H20F3N3O. The number of carbonyl (C=O) groups excluding carboxylic acids is 1. The van der Waals surface area contributed by atoms with Crippen molar-refractivity contribution in [3.63, 3.8) is 0 Å². The van der Waals surface area contributed by atoms with Gasteiger partial charge < -0.3 is 9.88 Å². The Morgan fingerprint density at radius 2 is 1.89 bits per heavy atom. The van der Waals surface area contributed by atoms with Gasteiger partial charge in [-0.3, -0.25) is 4.79 Å². The topological polar surface area (TPSA) is 46.9 Å². The zero-order valence-electron chi connectivity index (χ0n) is 14.9. The lowest BCUT2D eigenvalue weighted by atomic mass is 10.2. The predicted molar refractivity (Wildman–Crippen MR) is 98.4 cm³/mol.